The fourth-order valence-corrected chi connectivity index (χ4v) is 3.94. The number of methoxy groups -OCH3 is 2. The van der Waals surface area contributed by atoms with Crippen LogP contribution in [0.3, 0.4) is 0 Å². The van der Waals surface area contributed by atoms with E-state index in [1.54, 1.807) is 32.4 Å². The van der Waals surface area contributed by atoms with Crippen LogP contribution < -0.4 is 15.4 Å². The molecule has 2 unspecified atom stereocenters. The Morgan fingerprint density at radius 2 is 2.07 bits per heavy atom. The molecule has 1 aliphatic carbocycles. The van der Waals surface area contributed by atoms with Crippen molar-refractivity contribution in [2.75, 3.05) is 34.0 Å². The van der Waals surface area contributed by atoms with Crippen molar-refractivity contribution in [2.24, 2.45) is 11.8 Å². The Kier molecular flexibility index (Phi) is 7.71. The topological polar surface area (TPSA) is 102 Å². The predicted octanol–water partition coefficient (Wildman–Crippen LogP) is 2.49. The van der Waals surface area contributed by atoms with E-state index in [4.69, 9.17) is 29.6 Å². The second kappa shape index (κ2) is 10.3. The quantitative estimate of drug-likeness (QED) is 0.202. The van der Waals surface area contributed by atoms with E-state index in [9.17, 15) is 4.79 Å². The summed E-state index contributed by atoms with van der Waals surface area (Å²) in [5.74, 6) is 5.99. The van der Waals surface area contributed by atoms with E-state index in [0.29, 0.717) is 18.1 Å². The van der Waals surface area contributed by atoms with Gasteiger partial charge in [0.15, 0.2) is 11.5 Å². The standard InChI is InChI=1S/C22H31NO7/c1-22(14-28-22)17-13-16(6-8-18(17)25-2)30-21(24)9-5-15-4-7-19(20(12-15)26-3)27-10-11-29-23/h4-5,7,9,12,16-18H,6,8,10-11,13-14,23H2,1-3H3/b9-5+/t16-,17?,18-,22?/m1/s1. The Bertz CT molecular complexity index is 747. The summed E-state index contributed by atoms with van der Waals surface area (Å²) in [4.78, 5) is 16.8. The van der Waals surface area contributed by atoms with Crippen LogP contribution in [0.15, 0.2) is 24.3 Å². The number of rotatable bonds is 10. The molecule has 2 aliphatic rings. The van der Waals surface area contributed by atoms with Crippen molar-refractivity contribution in [1.82, 2.24) is 0 Å². The van der Waals surface area contributed by atoms with Crippen LogP contribution in [-0.2, 0) is 23.8 Å². The smallest absolute Gasteiger partial charge is 0.331 e. The molecule has 0 spiro atoms. The van der Waals surface area contributed by atoms with Gasteiger partial charge in [0.1, 0.15) is 19.3 Å². The normalized spacial score (nSPS) is 28.3. The van der Waals surface area contributed by atoms with Crippen molar-refractivity contribution >= 4 is 12.0 Å². The van der Waals surface area contributed by atoms with Gasteiger partial charge in [0.05, 0.1) is 25.4 Å². The molecule has 1 saturated heterocycles. The van der Waals surface area contributed by atoms with Gasteiger partial charge in [-0.25, -0.2) is 10.7 Å². The molecule has 2 N–H and O–H groups in total. The van der Waals surface area contributed by atoms with Crippen LogP contribution in [0.1, 0.15) is 31.7 Å². The van der Waals surface area contributed by atoms with E-state index in [0.717, 1.165) is 31.4 Å². The fourth-order valence-electron chi connectivity index (χ4n) is 3.94. The number of ether oxygens (including phenoxy) is 5. The Balaban J connectivity index is 1.55. The molecule has 1 aromatic carbocycles. The minimum absolute atomic E-state index is 0.130. The van der Waals surface area contributed by atoms with Gasteiger partial charge in [-0.15, -0.1) is 0 Å². The minimum atomic E-state index is -0.365. The van der Waals surface area contributed by atoms with E-state index in [2.05, 4.69) is 11.8 Å². The third-order valence-electron chi connectivity index (χ3n) is 5.77. The Morgan fingerprint density at radius 1 is 1.27 bits per heavy atom. The number of epoxide rings is 1. The van der Waals surface area contributed by atoms with Crippen LogP contribution in [-0.4, -0.2) is 57.8 Å². The van der Waals surface area contributed by atoms with Crippen molar-refractivity contribution in [1.29, 1.82) is 0 Å². The zero-order valence-electron chi connectivity index (χ0n) is 17.8. The van der Waals surface area contributed by atoms with E-state index in [-0.39, 0.29) is 36.3 Å². The lowest BCUT2D eigenvalue weighted by atomic mass is 9.77. The van der Waals surface area contributed by atoms with Gasteiger partial charge in [-0.2, -0.15) is 0 Å². The van der Waals surface area contributed by atoms with Gasteiger partial charge in [0.25, 0.3) is 0 Å². The Labute approximate surface area is 177 Å². The number of benzene rings is 1. The van der Waals surface area contributed by atoms with Crippen LogP contribution in [0.4, 0.5) is 0 Å². The number of nitrogens with two attached hydrogens (primary N) is 1. The molecule has 1 aliphatic heterocycles. The van der Waals surface area contributed by atoms with Crippen LogP contribution in [0.5, 0.6) is 11.5 Å². The highest BCUT2D eigenvalue weighted by atomic mass is 16.6. The first-order valence-electron chi connectivity index (χ1n) is 10.2. The average Bonchev–Trinajstić information content (AvgIpc) is 3.51. The molecular formula is C22H31NO7. The van der Waals surface area contributed by atoms with Gasteiger partial charge < -0.3 is 28.5 Å². The second-order valence-corrected chi connectivity index (χ2v) is 7.82. The molecule has 0 radical (unpaired) electrons. The fraction of sp³-hybridized carbons (Fsp3) is 0.591. The summed E-state index contributed by atoms with van der Waals surface area (Å²) in [6, 6.07) is 5.39. The molecule has 0 amide bonds. The van der Waals surface area contributed by atoms with Gasteiger partial charge in [0, 0.05) is 19.1 Å². The first-order valence-corrected chi connectivity index (χ1v) is 10.2. The first-order chi connectivity index (χ1) is 14.5. The van der Waals surface area contributed by atoms with Crippen LogP contribution in [0.2, 0.25) is 0 Å². The molecular weight excluding hydrogens is 390 g/mol. The summed E-state index contributed by atoms with van der Waals surface area (Å²) in [6.45, 7) is 3.41. The molecule has 3 rings (SSSR count). The Morgan fingerprint density at radius 3 is 2.73 bits per heavy atom. The van der Waals surface area contributed by atoms with E-state index in [1.807, 2.05) is 6.07 Å². The predicted molar refractivity (Wildman–Crippen MR) is 110 cm³/mol. The van der Waals surface area contributed by atoms with Gasteiger partial charge in [-0.05, 0) is 50.0 Å². The molecule has 0 bridgehead atoms. The lowest BCUT2D eigenvalue weighted by Gasteiger charge is -2.36. The third-order valence-corrected chi connectivity index (χ3v) is 5.77. The molecule has 4 atom stereocenters. The maximum absolute atomic E-state index is 12.4. The third kappa shape index (κ3) is 5.72. The number of esters is 1. The van der Waals surface area contributed by atoms with Crippen molar-refractivity contribution in [2.45, 2.75) is 44.0 Å². The highest BCUT2D eigenvalue weighted by Crippen LogP contribution is 2.44. The van der Waals surface area contributed by atoms with Crippen LogP contribution in [0.25, 0.3) is 6.08 Å². The van der Waals surface area contributed by atoms with Gasteiger partial charge in [0.2, 0.25) is 0 Å². The first kappa shape index (κ1) is 22.6. The molecule has 1 saturated carbocycles. The minimum Gasteiger partial charge on any atom is -0.493 e. The number of carbonyl (C=O) groups excluding carboxylic acids is 1. The molecule has 1 aromatic rings. The highest BCUT2D eigenvalue weighted by Gasteiger charge is 2.52. The van der Waals surface area contributed by atoms with Crippen molar-refractivity contribution < 1.29 is 33.3 Å². The molecule has 166 valence electrons. The SMILES string of the molecule is COc1cc(/C=C/C(=O)O[C@@H]2CC[C@@H](OC)C(C3(C)CO3)C2)ccc1OCCON. The maximum Gasteiger partial charge on any atom is 0.331 e. The van der Waals surface area contributed by atoms with Gasteiger partial charge in [-0.1, -0.05) is 6.07 Å². The van der Waals surface area contributed by atoms with Crippen LogP contribution >= 0.6 is 0 Å². The van der Waals surface area contributed by atoms with Crippen molar-refractivity contribution in [3.8, 4) is 11.5 Å². The summed E-state index contributed by atoms with van der Waals surface area (Å²) in [6.07, 6.45) is 5.54. The molecule has 1 heterocycles. The van der Waals surface area contributed by atoms with Gasteiger partial charge >= 0.3 is 5.97 Å². The summed E-state index contributed by atoms with van der Waals surface area (Å²) < 4.78 is 27.8. The van der Waals surface area contributed by atoms with E-state index < -0.39 is 0 Å². The summed E-state index contributed by atoms with van der Waals surface area (Å²) in [7, 11) is 3.29. The largest absolute Gasteiger partial charge is 0.493 e. The average molecular weight is 421 g/mol. The lowest BCUT2D eigenvalue weighted by Crippen LogP contribution is -2.42. The molecule has 0 aromatic heterocycles. The van der Waals surface area contributed by atoms with E-state index >= 15 is 0 Å². The molecule has 8 nitrogen and oxygen atoms in total. The highest BCUT2D eigenvalue weighted by molar-refractivity contribution is 5.87. The zero-order valence-corrected chi connectivity index (χ0v) is 17.8. The summed E-state index contributed by atoms with van der Waals surface area (Å²) in [5.41, 5.74) is 0.643. The zero-order chi connectivity index (χ0) is 21.6. The molecule has 8 heteroatoms. The van der Waals surface area contributed by atoms with Crippen molar-refractivity contribution in [3.63, 3.8) is 0 Å². The van der Waals surface area contributed by atoms with Crippen LogP contribution in [0, 0.1) is 5.92 Å². The number of carbonyl (C=O) groups is 1. The molecule has 30 heavy (non-hydrogen) atoms. The summed E-state index contributed by atoms with van der Waals surface area (Å²) in [5, 5.41) is 0. The van der Waals surface area contributed by atoms with Gasteiger partial charge in [-0.3, -0.25) is 0 Å². The Hall–Kier alpha value is -2.13. The second-order valence-electron chi connectivity index (χ2n) is 7.82. The summed E-state index contributed by atoms with van der Waals surface area (Å²) >= 11 is 0. The molecule has 2 fully saturated rings. The number of hydrogen-bond acceptors (Lipinski definition) is 8. The monoisotopic (exact) mass is 421 g/mol. The van der Waals surface area contributed by atoms with Crippen molar-refractivity contribution in [3.05, 3.63) is 29.8 Å². The van der Waals surface area contributed by atoms with E-state index in [1.165, 1.54) is 6.08 Å². The maximum atomic E-state index is 12.4. The lowest BCUT2D eigenvalue weighted by molar-refractivity contribution is -0.148. The number of hydrogen-bond donors (Lipinski definition) is 1.